The molecular weight excluding hydrogens is 209 g/mol. The minimum absolute atomic E-state index is 0.0316. The summed E-state index contributed by atoms with van der Waals surface area (Å²) in [7, 11) is 0. The number of carbonyl (C=O) groups is 1. The second-order valence-electron chi connectivity index (χ2n) is 3.57. The van der Waals surface area contributed by atoms with Crippen molar-refractivity contribution in [3.8, 4) is 0 Å². The van der Waals surface area contributed by atoms with Gasteiger partial charge in [-0.1, -0.05) is 20.3 Å². The van der Waals surface area contributed by atoms with Crippen LogP contribution in [0.15, 0.2) is 0 Å². The van der Waals surface area contributed by atoms with Crippen molar-refractivity contribution in [3.63, 3.8) is 0 Å². The van der Waals surface area contributed by atoms with E-state index in [2.05, 4.69) is 5.32 Å². The number of hydrogen-bond acceptors (Lipinski definition) is 2. The highest BCUT2D eigenvalue weighted by molar-refractivity contribution is 5.81. The lowest BCUT2D eigenvalue weighted by atomic mass is 9.99. The second-order valence-corrected chi connectivity index (χ2v) is 3.57. The molecule has 15 heavy (non-hydrogen) atoms. The number of nitrogens with two attached hydrogens (primary N) is 1. The zero-order valence-corrected chi connectivity index (χ0v) is 8.90. The van der Waals surface area contributed by atoms with E-state index in [1.165, 1.54) is 0 Å². The van der Waals surface area contributed by atoms with Gasteiger partial charge in [0.15, 0.2) is 0 Å². The highest BCUT2D eigenvalue weighted by atomic mass is 19.4. The van der Waals surface area contributed by atoms with Crippen LogP contribution in [0.5, 0.6) is 0 Å². The summed E-state index contributed by atoms with van der Waals surface area (Å²) in [6.07, 6.45) is -4.55. The first-order valence-corrected chi connectivity index (χ1v) is 4.88. The Balaban J connectivity index is 3.84. The number of nitrogens with one attached hydrogen (secondary N) is 1. The van der Waals surface area contributed by atoms with Gasteiger partial charge in [-0.05, 0) is 5.92 Å². The number of hydrogen-bond donors (Lipinski definition) is 2. The van der Waals surface area contributed by atoms with Gasteiger partial charge in [-0.25, -0.2) is 0 Å². The van der Waals surface area contributed by atoms with Crippen LogP contribution in [0, 0.1) is 5.92 Å². The second kappa shape index (κ2) is 5.95. The Bertz CT molecular complexity index is 206. The molecule has 0 spiro atoms. The molecular formula is C9H17F3N2O. The molecule has 1 unspecified atom stereocenters. The molecule has 0 saturated heterocycles. The molecule has 1 amide bonds. The lowest BCUT2D eigenvalue weighted by Gasteiger charge is -2.17. The monoisotopic (exact) mass is 226 g/mol. The first kappa shape index (κ1) is 14.2. The third-order valence-electron chi connectivity index (χ3n) is 2.27. The van der Waals surface area contributed by atoms with Gasteiger partial charge in [0.25, 0.3) is 0 Å². The largest absolute Gasteiger partial charge is 0.390 e. The van der Waals surface area contributed by atoms with E-state index < -0.39 is 31.1 Å². The van der Waals surface area contributed by atoms with Gasteiger partial charge in [0.2, 0.25) is 5.91 Å². The summed E-state index contributed by atoms with van der Waals surface area (Å²) < 4.78 is 35.2. The zero-order chi connectivity index (χ0) is 12.1. The Hall–Kier alpha value is -0.780. The highest BCUT2D eigenvalue weighted by Gasteiger charge is 2.27. The predicted octanol–water partition coefficient (Wildman–Crippen LogP) is 1.43. The number of alkyl halides is 3. The molecule has 0 fully saturated rings. The molecule has 0 bridgehead atoms. The molecule has 3 nitrogen and oxygen atoms in total. The maximum atomic E-state index is 11.7. The first-order chi connectivity index (χ1) is 6.78. The molecule has 0 aromatic rings. The molecule has 2 atom stereocenters. The minimum atomic E-state index is -4.24. The summed E-state index contributed by atoms with van der Waals surface area (Å²) in [4.78, 5) is 11.2. The summed E-state index contributed by atoms with van der Waals surface area (Å²) in [6.45, 7) is 3.24. The van der Waals surface area contributed by atoms with Gasteiger partial charge in [0, 0.05) is 6.54 Å². The van der Waals surface area contributed by atoms with Crippen LogP contribution < -0.4 is 11.1 Å². The van der Waals surface area contributed by atoms with E-state index in [9.17, 15) is 18.0 Å². The predicted molar refractivity (Wildman–Crippen MR) is 51.1 cm³/mol. The van der Waals surface area contributed by atoms with E-state index in [4.69, 9.17) is 5.73 Å². The molecule has 6 heteroatoms. The van der Waals surface area contributed by atoms with Crippen LogP contribution in [0.1, 0.15) is 26.7 Å². The molecule has 90 valence electrons. The maximum Gasteiger partial charge on any atom is 0.390 e. The van der Waals surface area contributed by atoms with Gasteiger partial charge in [-0.15, -0.1) is 0 Å². The van der Waals surface area contributed by atoms with Crippen molar-refractivity contribution >= 4 is 5.91 Å². The Morgan fingerprint density at radius 3 is 2.40 bits per heavy atom. The number of carbonyl (C=O) groups excluding carboxylic acids is 1. The van der Waals surface area contributed by atoms with E-state index in [0.29, 0.717) is 6.42 Å². The Morgan fingerprint density at radius 1 is 1.47 bits per heavy atom. The number of rotatable bonds is 5. The summed E-state index contributed by atoms with van der Waals surface area (Å²) >= 11 is 0. The van der Waals surface area contributed by atoms with Crippen molar-refractivity contribution < 1.29 is 18.0 Å². The fourth-order valence-electron chi connectivity index (χ4n) is 0.958. The standard InChI is InChI=1S/C9H17F3N2O/c1-3-6(2)7(13)8(15)14-5-4-9(10,11)12/h6-7H,3-5,13H2,1-2H3,(H,14,15)/t6?,7-/m0/s1. The van der Waals surface area contributed by atoms with E-state index in [1.54, 1.807) is 6.92 Å². The number of amides is 1. The SMILES string of the molecule is CCC(C)[C@H](N)C(=O)NCCC(F)(F)F. The summed E-state index contributed by atoms with van der Waals surface area (Å²) in [6, 6.07) is -0.733. The normalized spacial score (nSPS) is 15.9. The van der Waals surface area contributed by atoms with Gasteiger partial charge in [0.1, 0.15) is 0 Å². The van der Waals surface area contributed by atoms with Crippen molar-refractivity contribution in [1.82, 2.24) is 5.32 Å². The fourth-order valence-corrected chi connectivity index (χ4v) is 0.958. The molecule has 0 aliphatic heterocycles. The van der Waals surface area contributed by atoms with Crippen LogP contribution in [0.3, 0.4) is 0 Å². The smallest absolute Gasteiger partial charge is 0.354 e. The topological polar surface area (TPSA) is 55.1 Å². The maximum absolute atomic E-state index is 11.7. The molecule has 0 radical (unpaired) electrons. The molecule has 3 N–H and O–H groups in total. The molecule has 0 aliphatic carbocycles. The van der Waals surface area contributed by atoms with Gasteiger partial charge >= 0.3 is 6.18 Å². The molecule has 0 rings (SSSR count). The average molecular weight is 226 g/mol. The van der Waals surface area contributed by atoms with Crippen LogP contribution in [0.4, 0.5) is 13.2 Å². The van der Waals surface area contributed by atoms with Crippen LogP contribution >= 0.6 is 0 Å². The fraction of sp³-hybridized carbons (Fsp3) is 0.889. The van der Waals surface area contributed by atoms with Gasteiger partial charge in [0.05, 0.1) is 12.5 Å². The van der Waals surface area contributed by atoms with Crippen molar-refractivity contribution in [3.05, 3.63) is 0 Å². The van der Waals surface area contributed by atoms with Gasteiger partial charge < -0.3 is 11.1 Å². The quantitative estimate of drug-likeness (QED) is 0.745. The van der Waals surface area contributed by atoms with Crippen LogP contribution in [0.25, 0.3) is 0 Å². The van der Waals surface area contributed by atoms with E-state index in [-0.39, 0.29) is 5.92 Å². The lowest BCUT2D eigenvalue weighted by molar-refractivity contribution is -0.136. The van der Waals surface area contributed by atoms with Crippen LogP contribution in [-0.2, 0) is 4.79 Å². The van der Waals surface area contributed by atoms with E-state index >= 15 is 0 Å². The van der Waals surface area contributed by atoms with E-state index in [0.717, 1.165) is 0 Å². The Kier molecular flexibility index (Phi) is 5.64. The molecule has 0 aromatic carbocycles. The molecule has 0 aromatic heterocycles. The molecule has 0 aliphatic rings. The van der Waals surface area contributed by atoms with Crippen molar-refractivity contribution in [2.45, 2.75) is 38.9 Å². The van der Waals surface area contributed by atoms with Crippen LogP contribution in [-0.4, -0.2) is 24.7 Å². The molecule has 0 saturated carbocycles. The summed E-state index contributed by atoms with van der Waals surface area (Å²) in [5.74, 6) is -0.551. The van der Waals surface area contributed by atoms with E-state index in [1.807, 2.05) is 6.92 Å². The summed E-state index contributed by atoms with van der Waals surface area (Å²) in [5.41, 5.74) is 5.53. The van der Waals surface area contributed by atoms with Crippen molar-refractivity contribution in [2.24, 2.45) is 11.7 Å². The van der Waals surface area contributed by atoms with Gasteiger partial charge in [-0.2, -0.15) is 13.2 Å². The minimum Gasteiger partial charge on any atom is -0.354 e. The Morgan fingerprint density at radius 2 is 2.00 bits per heavy atom. The number of halogens is 3. The van der Waals surface area contributed by atoms with Crippen molar-refractivity contribution in [1.29, 1.82) is 0 Å². The zero-order valence-electron chi connectivity index (χ0n) is 8.90. The third-order valence-corrected chi connectivity index (χ3v) is 2.27. The van der Waals surface area contributed by atoms with Gasteiger partial charge in [-0.3, -0.25) is 4.79 Å². The van der Waals surface area contributed by atoms with Crippen LogP contribution in [0.2, 0.25) is 0 Å². The molecule has 0 heterocycles. The summed E-state index contributed by atoms with van der Waals surface area (Å²) in [5, 5.41) is 2.17. The Labute approximate surface area is 87.2 Å². The van der Waals surface area contributed by atoms with Crippen molar-refractivity contribution in [2.75, 3.05) is 6.54 Å². The highest BCUT2D eigenvalue weighted by Crippen LogP contribution is 2.18. The average Bonchev–Trinajstić information content (AvgIpc) is 2.13. The first-order valence-electron chi connectivity index (χ1n) is 4.88. The lowest BCUT2D eigenvalue weighted by Crippen LogP contribution is -2.45. The third kappa shape index (κ3) is 6.33.